The Morgan fingerprint density at radius 3 is 0.602 bits per heavy atom. The molecule has 0 bridgehead atoms. The van der Waals surface area contributed by atoms with Crippen LogP contribution in [0.1, 0.15) is 432 Å². The Hall–Kier alpha value is -2.11. The summed E-state index contributed by atoms with van der Waals surface area (Å²) in [5.41, 5.74) is 0. The van der Waals surface area contributed by atoms with Gasteiger partial charge in [-0.15, -0.1) is 0 Å². The summed E-state index contributed by atoms with van der Waals surface area (Å²) in [4.78, 5) is 38.4. The van der Waals surface area contributed by atoms with Crippen LogP contribution in [0.5, 0.6) is 0 Å². The van der Waals surface area contributed by atoms with E-state index in [0.29, 0.717) is 19.3 Å². The fourth-order valence-corrected chi connectivity index (χ4v) is 11.7. The van der Waals surface area contributed by atoms with Crippen molar-refractivity contribution in [3.63, 3.8) is 0 Å². The molecule has 0 spiro atoms. The van der Waals surface area contributed by atoms with Crippen LogP contribution in [0.25, 0.3) is 0 Å². The van der Waals surface area contributed by atoms with Crippen molar-refractivity contribution < 1.29 is 28.6 Å². The van der Waals surface area contributed by atoms with E-state index in [9.17, 15) is 14.4 Å². The van der Waals surface area contributed by atoms with Crippen LogP contribution >= 0.6 is 0 Å². The van der Waals surface area contributed by atoms with Crippen molar-refractivity contribution in [3.05, 3.63) is 24.3 Å². The monoisotopic (exact) mass is 1170 g/mol. The third-order valence-electron chi connectivity index (χ3n) is 17.4. The smallest absolute Gasteiger partial charge is 0.306 e. The van der Waals surface area contributed by atoms with Gasteiger partial charge in [-0.3, -0.25) is 14.4 Å². The van der Waals surface area contributed by atoms with Gasteiger partial charge in [-0.2, -0.15) is 0 Å². The van der Waals surface area contributed by atoms with Gasteiger partial charge in [0.2, 0.25) is 0 Å². The number of carbonyl (C=O) groups is 3. The summed E-state index contributed by atoms with van der Waals surface area (Å²) >= 11 is 0. The molecule has 83 heavy (non-hydrogen) atoms. The van der Waals surface area contributed by atoms with E-state index in [0.717, 1.165) is 64.2 Å². The maximum absolute atomic E-state index is 12.9. The van der Waals surface area contributed by atoms with E-state index in [1.54, 1.807) is 0 Å². The van der Waals surface area contributed by atoms with Crippen LogP contribution in [0.2, 0.25) is 0 Å². The first-order chi connectivity index (χ1) is 41.0. The van der Waals surface area contributed by atoms with Crippen LogP contribution in [0.15, 0.2) is 24.3 Å². The van der Waals surface area contributed by atoms with Crippen molar-refractivity contribution in [2.45, 2.75) is 438 Å². The minimum absolute atomic E-state index is 0.0677. The van der Waals surface area contributed by atoms with E-state index in [1.807, 2.05) is 0 Å². The number of carbonyl (C=O) groups excluding carboxylic acids is 3. The highest BCUT2D eigenvalue weighted by Crippen LogP contribution is 2.19. The lowest BCUT2D eigenvalue weighted by molar-refractivity contribution is -0.167. The Bertz CT molecular complexity index is 1340. The molecule has 0 N–H and O–H groups in total. The first kappa shape index (κ1) is 80.9. The average molecular weight is 1170 g/mol. The molecule has 0 aliphatic heterocycles. The molecule has 0 saturated heterocycles. The van der Waals surface area contributed by atoms with Gasteiger partial charge in [0.25, 0.3) is 0 Å². The highest BCUT2D eigenvalue weighted by molar-refractivity contribution is 5.71. The zero-order chi connectivity index (χ0) is 59.9. The SMILES string of the molecule is CCCCCCCC/C=C\CCCCCCCC(=O)OC(COC(=O)CCCCCCCCCCCCCCCCC)COC(=O)CCCCCCCCCCCCCCCCCCCCCCCCC/C=C\CCCCCCCCCC. The van der Waals surface area contributed by atoms with Gasteiger partial charge in [-0.05, 0) is 70.6 Å². The normalized spacial score (nSPS) is 12.1. The molecule has 1 unspecified atom stereocenters. The number of unbranched alkanes of at least 4 members (excludes halogenated alkanes) is 56. The second kappa shape index (κ2) is 72.4. The Labute approximate surface area is 519 Å². The largest absolute Gasteiger partial charge is 0.462 e. The summed E-state index contributed by atoms with van der Waals surface area (Å²) in [6.45, 7) is 6.71. The summed E-state index contributed by atoms with van der Waals surface area (Å²) in [5, 5.41) is 0. The Morgan fingerprint density at radius 1 is 0.229 bits per heavy atom. The van der Waals surface area contributed by atoms with Gasteiger partial charge in [0.05, 0.1) is 0 Å². The molecule has 6 heteroatoms. The topological polar surface area (TPSA) is 78.9 Å². The zero-order valence-electron chi connectivity index (χ0n) is 56.5. The van der Waals surface area contributed by atoms with E-state index in [1.165, 1.54) is 327 Å². The van der Waals surface area contributed by atoms with E-state index in [-0.39, 0.29) is 31.1 Å². The van der Waals surface area contributed by atoms with E-state index >= 15 is 0 Å². The quantitative estimate of drug-likeness (QED) is 0.0261. The molecule has 0 aromatic carbocycles. The van der Waals surface area contributed by atoms with Crippen molar-refractivity contribution in [2.24, 2.45) is 0 Å². The molecule has 6 nitrogen and oxygen atoms in total. The van der Waals surface area contributed by atoms with Crippen LogP contribution in [-0.2, 0) is 28.6 Å². The number of ether oxygens (including phenoxy) is 3. The average Bonchev–Trinajstić information content (AvgIpc) is 3.50. The van der Waals surface area contributed by atoms with Crippen LogP contribution in [0, 0.1) is 0 Å². The van der Waals surface area contributed by atoms with Crippen LogP contribution < -0.4 is 0 Å². The van der Waals surface area contributed by atoms with Crippen molar-refractivity contribution in [3.8, 4) is 0 Å². The molecule has 0 fully saturated rings. The lowest BCUT2D eigenvalue weighted by Gasteiger charge is -2.18. The molecule has 0 rings (SSSR count). The third kappa shape index (κ3) is 70.5. The molecular formula is C77H146O6. The molecule has 0 amide bonds. The number of hydrogen-bond acceptors (Lipinski definition) is 6. The molecule has 0 aromatic heterocycles. The summed E-state index contributed by atoms with van der Waals surface area (Å²) in [6.07, 6.45) is 89.6. The number of allylic oxidation sites excluding steroid dienone is 4. The highest BCUT2D eigenvalue weighted by Gasteiger charge is 2.20. The molecule has 0 aliphatic rings. The minimum Gasteiger partial charge on any atom is -0.462 e. The van der Waals surface area contributed by atoms with Gasteiger partial charge >= 0.3 is 17.9 Å². The van der Waals surface area contributed by atoms with Gasteiger partial charge in [0, 0.05) is 19.3 Å². The second-order valence-electron chi connectivity index (χ2n) is 25.9. The molecule has 0 heterocycles. The first-order valence-electron chi connectivity index (χ1n) is 37.8. The molecule has 1 atom stereocenters. The Morgan fingerprint density at radius 2 is 0.398 bits per heavy atom. The summed E-state index contributed by atoms with van der Waals surface area (Å²) < 4.78 is 17.0. The van der Waals surface area contributed by atoms with E-state index in [2.05, 4.69) is 45.1 Å². The molecular weight excluding hydrogens is 1020 g/mol. The second-order valence-corrected chi connectivity index (χ2v) is 25.9. The fourth-order valence-electron chi connectivity index (χ4n) is 11.7. The molecule has 0 radical (unpaired) electrons. The van der Waals surface area contributed by atoms with E-state index in [4.69, 9.17) is 14.2 Å². The van der Waals surface area contributed by atoms with E-state index < -0.39 is 6.10 Å². The van der Waals surface area contributed by atoms with Crippen LogP contribution in [0.4, 0.5) is 0 Å². The summed E-state index contributed by atoms with van der Waals surface area (Å²) in [6, 6.07) is 0. The highest BCUT2D eigenvalue weighted by atomic mass is 16.6. The lowest BCUT2D eigenvalue weighted by Crippen LogP contribution is -2.30. The maximum Gasteiger partial charge on any atom is 0.306 e. The summed E-state index contributed by atoms with van der Waals surface area (Å²) in [5.74, 6) is -0.843. The molecule has 0 aliphatic carbocycles. The zero-order valence-corrected chi connectivity index (χ0v) is 56.5. The van der Waals surface area contributed by atoms with Gasteiger partial charge in [-0.1, -0.05) is 366 Å². The minimum atomic E-state index is -0.772. The van der Waals surface area contributed by atoms with Crippen LogP contribution in [-0.4, -0.2) is 37.2 Å². The number of rotatable bonds is 71. The van der Waals surface area contributed by atoms with Crippen molar-refractivity contribution in [1.82, 2.24) is 0 Å². The number of esters is 3. The fraction of sp³-hybridized carbons (Fsp3) is 0.909. The van der Waals surface area contributed by atoms with Crippen molar-refractivity contribution >= 4 is 17.9 Å². The van der Waals surface area contributed by atoms with Gasteiger partial charge < -0.3 is 14.2 Å². The molecule has 0 saturated carbocycles. The Kier molecular flexibility index (Phi) is 70.5. The standard InChI is InChI=1S/C77H146O6/c1-4-7-10-13-16-19-22-25-28-29-30-31-32-33-34-35-36-37-38-39-40-41-42-43-44-45-46-47-50-52-55-58-61-64-67-70-76(79)82-73-74(83-77(80)71-68-65-62-59-56-53-49-27-24-21-18-15-12-9-6-3)72-81-75(78)69-66-63-60-57-54-51-48-26-23-20-17-14-11-8-5-2/h27,29-30,49,74H,4-26,28,31-48,50-73H2,1-3H3/b30-29-,49-27-. The predicted octanol–water partition coefficient (Wildman–Crippen LogP) is 26.1. The first-order valence-corrected chi connectivity index (χ1v) is 37.8. The van der Waals surface area contributed by atoms with Crippen molar-refractivity contribution in [2.75, 3.05) is 13.2 Å². The summed E-state index contributed by atoms with van der Waals surface area (Å²) in [7, 11) is 0. The molecule has 0 aromatic rings. The number of hydrogen-bond donors (Lipinski definition) is 0. The predicted molar refractivity (Wildman–Crippen MR) is 363 cm³/mol. The van der Waals surface area contributed by atoms with Gasteiger partial charge in [0.15, 0.2) is 6.10 Å². The van der Waals surface area contributed by atoms with Crippen LogP contribution in [0.3, 0.4) is 0 Å². The lowest BCUT2D eigenvalue weighted by atomic mass is 10.0. The Balaban J connectivity index is 4.06. The maximum atomic E-state index is 12.9. The molecule has 490 valence electrons. The van der Waals surface area contributed by atoms with Gasteiger partial charge in [0.1, 0.15) is 13.2 Å². The third-order valence-corrected chi connectivity index (χ3v) is 17.4. The van der Waals surface area contributed by atoms with Gasteiger partial charge in [-0.25, -0.2) is 0 Å². The van der Waals surface area contributed by atoms with Crippen molar-refractivity contribution in [1.29, 1.82) is 0 Å².